The molecule has 0 atom stereocenters. The second-order valence-electron chi connectivity index (χ2n) is 2.86. The molecule has 0 aliphatic rings. The highest BCUT2D eigenvalue weighted by Crippen LogP contribution is 2.20. The van der Waals surface area contributed by atoms with E-state index in [-0.39, 0.29) is 5.97 Å². The number of esters is 1. The van der Waals surface area contributed by atoms with Crippen LogP contribution in [-0.4, -0.2) is 5.97 Å². The van der Waals surface area contributed by atoms with Gasteiger partial charge in [0.1, 0.15) is 11.5 Å². The number of anilines is 1. The van der Waals surface area contributed by atoms with Gasteiger partial charge in [-0.2, -0.15) is 0 Å². The van der Waals surface area contributed by atoms with E-state index in [0.29, 0.717) is 17.2 Å². The summed E-state index contributed by atoms with van der Waals surface area (Å²) in [4.78, 5) is 13.0. The van der Waals surface area contributed by atoms with E-state index in [0.717, 1.165) is 4.88 Å². The fraction of sp³-hybridized carbons (Fsp3) is 0.100. The average molecular weight is 239 g/mol. The zero-order chi connectivity index (χ0) is 10.7. The molecule has 2 heterocycles. The molecule has 0 unspecified atom stereocenters. The Labute approximate surface area is 95.1 Å². The summed E-state index contributed by atoms with van der Waals surface area (Å²) in [5.74, 6) is -0.351. The molecule has 15 heavy (non-hydrogen) atoms. The molecule has 0 aliphatic carbocycles. The van der Waals surface area contributed by atoms with Gasteiger partial charge in [0, 0.05) is 4.88 Å². The van der Waals surface area contributed by atoms with Gasteiger partial charge < -0.3 is 10.5 Å². The molecular formula is C10H9NO2S2. The summed E-state index contributed by atoms with van der Waals surface area (Å²) in [6, 6.07) is 5.55. The Kier molecular flexibility index (Phi) is 3.03. The van der Waals surface area contributed by atoms with Crippen LogP contribution in [0.3, 0.4) is 0 Å². The van der Waals surface area contributed by atoms with E-state index in [1.165, 1.54) is 11.3 Å². The number of hydrogen-bond donors (Lipinski definition) is 1. The number of nitrogens with two attached hydrogens (primary N) is 1. The molecule has 0 spiro atoms. The Morgan fingerprint density at radius 2 is 2.20 bits per heavy atom. The molecule has 2 N–H and O–H groups in total. The third-order valence-electron chi connectivity index (χ3n) is 1.81. The first kappa shape index (κ1) is 10.2. The lowest BCUT2D eigenvalue weighted by Crippen LogP contribution is -2.04. The zero-order valence-corrected chi connectivity index (χ0v) is 9.44. The van der Waals surface area contributed by atoms with Gasteiger partial charge in [-0.1, -0.05) is 6.07 Å². The minimum atomic E-state index is -0.351. The number of thiophene rings is 2. The minimum Gasteiger partial charge on any atom is -0.456 e. The Bertz CT molecular complexity index is 448. The van der Waals surface area contributed by atoms with Crippen molar-refractivity contribution in [2.45, 2.75) is 6.61 Å². The van der Waals surface area contributed by atoms with Gasteiger partial charge in [0.15, 0.2) is 0 Å². The molecular weight excluding hydrogens is 230 g/mol. The first-order chi connectivity index (χ1) is 7.27. The number of carbonyl (C=O) groups excluding carboxylic acids is 1. The van der Waals surface area contributed by atoms with Gasteiger partial charge >= 0.3 is 5.97 Å². The Morgan fingerprint density at radius 3 is 2.80 bits per heavy atom. The molecule has 0 aliphatic heterocycles. The molecule has 0 aromatic carbocycles. The molecule has 2 aromatic heterocycles. The second kappa shape index (κ2) is 4.46. The molecule has 0 saturated carbocycles. The Hall–Kier alpha value is -1.33. The Balaban J connectivity index is 1.96. The van der Waals surface area contributed by atoms with Crippen LogP contribution >= 0.6 is 22.7 Å². The number of nitrogen functional groups attached to an aromatic ring is 1. The van der Waals surface area contributed by atoms with Gasteiger partial charge in [0.25, 0.3) is 0 Å². The largest absolute Gasteiger partial charge is 0.456 e. The summed E-state index contributed by atoms with van der Waals surface area (Å²) in [5.41, 5.74) is 6.09. The van der Waals surface area contributed by atoms with Gasteiger partial charge in [-0.25, -0.2) is 4.79 Å². The first-order valence-corrected chi connectivity index (χ1v) is 6.06. The van der Waals surface area contributed by atoms with Gasteiger partial charge in [0.2, 0.25) is 0 Å². The summed E-state index contributed by atoms with van der Waals surface area (Å²) in [6.07, 6.45) is 0. The van der Waals surface area contributed by atoms with Crippen molar-refractivity contribution in [3.05, 3.63) is 38.7 Å². The van der Waals surface area contributed by atoms with Crippen LogP contribution in [0.5, 0.6) is 0 Å². The highest BCUT2D eigenvalue weighted by Gasteiger charge is 2.12. The summed E-state index contributed by atoms with van der Waals surface area (Å²) >= 11 is 2.86. The maximum atomic E-state index is 11.5. The lowest BCUT2D eigenvalue weighted by Gasteiger charge is -2.01. The standard InChI is InChI=1S/C10H9NO2S2/c11-8-3-5-15-9(8)10(12)13-6-7-2-1-4-14-7/h1-5H,6,11H2. The van der Waals surface area contributed by atoms with Crippen LogP contribution in [0.2, 0.25) is 0 Å². The van der Waals surface area contributed by atoms with Crippen LogP contribution in [0.4, 0.5) is 5.69 Å². The smallest absolute Gasteiger partial charge is 0.350 e. The van der Waals surface area contributed by atoms with Crippen LogP contribution < -0.4 is 5.73 Å². The van der Waals surface area contributed by atoms with Crippen molar-refractivity contribution in [1.82, 2.24) is 0 Å². The van der Waals surface area contributed by atoms with Gasteiger partial charge in [-0.05, 0) is 22.9 Å². The van der Waals surface area contributed by atoms with E-state index in [1.54, 1.807) is 22.8 Å². The number of rotatable bonds is 3. The molecule has 0 amide bonds. The normalized spacial score (nSPS) is 10.1. The second-order valence-corrected chi connectivity index (χ2v) is 4.81. The zero-order valence-electron chi connectivity index (χ0n) is 7.80. The van der Waals surface area contributed by atoms with Crippen molar-refractivity contribution in [3.63, 3.8) is 0 Å². The quantitative estimate of drug-likeness (QED) is 0.838. The highest BCUT2D eigenvalue weighted by molar-refractivity contribution is 7.12. The molecule has 0 fully saturated rings. The fourth-order valence-corrected chi connectivity index (χ4v) is 2.41. The van der Waals surface area contributed by atoms with Crippen molar-refractivity contribution < 1.29 is 9.53 Å². The summed E-state index contributed by atoms with van der Waals surface area (Å²) < 4.78 is 5.11. The Morgan fingerprint density at radius 1 is 1.33 bits per heavy atom. The predicted molar refractivity (Wildman–Crippen MR) is 62.2 cm³/mol. The van der Waals surface area contributed by atoms with Gasteiger partial charge in [0.05, 0.1) is 5.69 Å². The maximum absolute atomic E-state index is 11.5. The number of ether oxygens (including phenoxy) is 1. The van der Waals surface area contributed by atoms with E-state index in [2.05, 4.69) is 0 Å². The van der Waals surface area contributed by atoms with Crippen LogP contribution in [0.1, 0.15) is 14.5 Å². The summed E-state index contributed by atoms with van der Waals surface area (Å²) in [6.45, 7) is 0.313. The molecule has 2 rings (SSSR count). The van der Waals surface area contributed by atoms with Crippen LogP contribution in [0, 0.1) is 0 Å². The first-order valence-electron chi connectivity index (χ1n) is 4.30. The van der Waals surface area contributed by atoms with Crippen molar-refractivity contribution in [3.8, 4) is 0 Å². The van der Waals surface area contributed by atoms with Crippen molar-refractivity contribution in [2.75, 3.05) is 5.73 Å². The monoisotopic (exact) mass is 239 g/mol. The molecule has 78 valence electrons. The number of hydrogen-bond acceptors (Lipinski definition) is 5. The summed E-state index contributed by atoms with van der Waals surface area (Å²) in [7, 11) is 0. The maximum Gasteiger partial charge on any atom is 0.350 e. The molecule has 3 nitrogen and oxygen atoms in total. The minimum absolute atomic E-state index is 0.313. The molecule has 2 aromatic rings. The summed E-state index contributed by atoms with van der Waals surface area (Å²) in [5, 5.41) is 3.72. The predicted octanol–water partition coefficient (Wildman–Crippen LogP) is 2.75. The van der Waals surface area contributed by atoms with E-state index < -0.39 is 0 Å². The molecule has 0 bridgehead atoms. The van der Waals surface area contributed by atoms with Crippen molar-refractivity contribution >= 4 is 34.3 Å². The van der Waals surface area contributed by atoms with Crippen molar-refractivity contribution in [2.24, 2.45) is 0 Å². The van der Waals surface area contributed by atoms with E-state index >= 15 is 0 Å². The van der Waals surface area contributed by atoms with E-state index in [4.69, 9.17) is 10.5 Å². The topological polar surface area (TPSA) is 52.3 Å². The molecule has 5 heteroatoms. The van der Waals surface area contributed by atoms with Gasteiger partial charge in [-0.15, -0.1) is 22.7 Å². The van der Waals surface area contributed by atoms with Gasteiger partial charge in [-0.3, -0.25) is 0 Å². The number of carbonyl (C=O) groups is 1. The molecule has 0 radical (unpaired) electrons. The highest BCUT2D eigenvalue weighted by atomic mass is 32.1. The van der Waals surface area contributed by atoms with Crippen LogP contribution in [0.25, 0.3) is 0 Å². The van der Waals surface area contributed by atoms with Crippen LogP contribution in [0.15, 0.2) is 29.0 Å². The van der Waals surface area contributed by atoms with Crippen molar-refractivity contribution in [1.29, 1.82) is 0 Å². The molecule has 0 saturated heterocycles. The van der Waals surface area contributed by atoms with Crippen LogP contribution in [-0.2, 0) is 11.3 Å². The third-order valence-corrected chi connectivity index (χ3v) is 3.57. The average Bonchev–Trinajstić information content (AvgIpc) is 2.84. The van der Waals surface area contributed by atoms with E-state index in [1.807, 2.05) is 17.5 Å². The van der Waals surface area contributed by atoms with E-state index in [9.17, 15) is 4.79 Å². The third kappa shape index (κ3) is 2.37. The lowest BCUT2D eigenvalue weighted by atomic mass is 10.4. The fourth-order valence-electron chi connectivity index (χ4n) is 1.08. The lowest BCUT2D eigenvalue weighted by molar-refractivity contribution is 0.0484. The SMILES string of the molecule is Nc1ccsc1C(=O)OCc1cccs1.